The number of benzene rings is 2. The molecular weight excluding hydrogens is 450 g/mol. The van der Waals surface area contributed by atoms with E-state index in [-0.39, 0.29) is 25.0 Å². The minimum Gasteiger partial charge on any atom is -0.395 e. The molecule has 4 rings (SSSR count). The van der Waals surface area contributed by atoms with E-state index in [4.69, 9.17) is 5.11 Å². The van der Waals surface area contributed by atoms with Gasteiger partial charge >= 0.3 is 0 Å². The number of aliphatic hydroxyl groups is 1. The maximum atomic E-state index is 12.1. The highest BCUT2D eigenvalue weighted by atomic mass is 32.2. The van der Waals surface area contributed by atoms with Crippen molar-refractivity contribution in [2.24, 2.45) is 5.92 Å². The topological polar surface area (TPSA) is 128 Å². The largest absolute Gasteiger partial charge is 0.395 e. The number of anilines is 1. The number of nitriles is 1. The van der Waals surface area contributed by atoms with Gasteiger partial charge in [0.2, 0.25) is 5.91 Å². The fourth-order valence-corrected chi connectivity index (χ4v) is 4.41. The molecule has 1 atom stereocenters. The Balaban J connectivity index is 1.48. The number of hydrogen-bond acceptors (Lipinski definition) is 6. The molecular formula is C25H25N5O3S. The second kappa shape index (κ2) is 11.1. The van der Waals surface area contributed by atoms with Gasteiger partial charge in [-0.15, -0.1) is 0 Å². The number of amides is 1. The molecule has 174 valence electrons. The van der Waals surface area contributed by atoms with Crippen LogP contribution in [-0.2, 0) is 28.0 Å². The molecule has 1 aliphatic carbocycles. The normalized spacial score (nSPS) is 13.8. The highest BCUT2D eigenvalue weighted by molar-refractivity contribution is 7.82. The lowest BCUT2D eigenvalue weighted by molar-refractivity contribution is -0.117. The van der Waals surface area contributed by atoms with Gasteiger partial charge in [0.1, 0.15) is 11.9 Å². The fraction of sp³-hybridized carbons (Fsp3) is 0.280. The summed E-state index contributed by atoms with van der Waals surface area (Å²) in [5.41, 5.74) is 4.27. The monoisotopic (exact) mass is 475 g/mol. The van der Waals surface area contributed by atoms with Crippen LogP contribution in [0.1, 0.15) is 35.4 Å². The van der Waals surface area contributed by atoms with Crippen LogP contribution < -0.4 is 10.0 Å². The Morgan fingerprint density at radius 3 is 2.76 bits per heavy atom. The molecule has 0 saturated heterocycles. The van der Waals surface area contributed by atoms with Crippen molar-refractivity contribution >= 4 is 22.6 Å². The summed E-state index contributed by atoms with van der Waals surface area (Å²) in [7, 11) is -1.26. The van der Waals surface area contributed by atoms with Gasteiger partial charge in [0.25, 0.3) is 0 Å². The van der Waals surface area contributed by atoms with Crippen LogP contribution in [0.4, 0.5) is 5.69 Å². The van der Waals surface area contributed by atoms with Crippen molar-refractivity contribution in [2.45, 2.75) is 25.0 Å². The molecule has 2 aromatic carbocycles. The van der Waals surface area contributed by atoms with Gasteiger partial charge in [-0.25, -0.2) is 18.9 Å². The van der Waals surface area contributed by atoms with Gasteiger partial charge in [-0.1, -0.05) is 30.3 Å². The van der Waals surface area contributed by atoms with E-state index >= 15 is 0 Å². The zero-order valence-electron chi connectivity index (χ0n) is 18.5. The number of carbonyl (C=O) groups excluding carboxylic acids is 1. The van der Waals surface area contributed by atoms with Crippen molar-refractivity contribution < 1.29 is 14.1 Å². The number of nitrogens with one attached hydrogen (secondary N) is 2. The summed E-state index contributed by atoms with van der Waals surface area (Å²) >= 11 is 0. The molecule has 3 N–H and O–H groups in total. The molecule has 1 amide bonds. The molecule has 0 spiro atoms. The van der Waals surface area contributed by atoms with Crippen molar-refractivity contribution in [2.75, 3.05) is 18.5 Å². The van der Waals surface area contributed by atoms with Gasteiger partial charge in [0.05, 0.1) is 40.3 Å². The van der Waals surface area contributed by atoms with Crippen molar-refractivity contribution in [3.8, 4) is 17.3 Å². The minimum atomic E-state index is -1.26. The summed E-state index contributed by atoms with van der Waals surface area (Å²) < 4.78 is 14.8. The Kier molecular flexibility index (Phi) is 7.75. The van der Waals surface area contributed by atoms with E-state index in [1.165, 1.54) is 0 Å². The van der Waals surface area contributed by atoms with E-state index in [0.717, 1.165) is 29.5 Å². The first-order chi connectivity index (χ1) is 16.6. The molecule has 1 fully saturated rings. The van der Waals surface area contributed by atoms with E-state index in [9.17, 15) is 14.3 Å². The SMILES string of the molecule is N#Cc1cc(-c2ccnc(Cc3cccc(CS(=O)NCCO)c3)n2)ccc1NC(=O)C1CC1. The summed E-state index contributed by atoms with van der Waals surface area (Å²) in [6.07, 6.45) is 3.98. The number of nitrogens with zero attached hydrogens (tertiary/aromatic N) is 3. The Hall–Kier alpha value is -3.45. The lowest BCUT2D eigenvalue weighted by atomic mass is 10.1. The predicted molar refractivity (Wildman–Crippen MR) is 130 cm³/mol. The number of rotatable bonds is 10. The van der Waals surface area contributed by atoms with Crippen molar-refractivity contribution in [1.82, 2.24) is 14.7 Å². The number of aromatic nitrogens is 2. The van der Waals surface area contributed by atoms with Crippen molar-refractivity contribution in [1.29, 1.82) is 5.26 Å². The molecule has 0 radical (unpaired) electrons. The maximum Gasteiger partial charge on any atom is 0.227 e. The molecule has 1 heterocycles. The van der Waals surface area contributed by atoms with Gasteiger partial charge in [-0.2, -0.15) is 5.26 Å². The minimum absolute atomic E-state index is 0.0381. The zero-order valence-corrected chi connectivity index (χ0v) is 19.3. The van der Waals surface area contributed by atoms with Crippen molar-refractivity contribution in [3.63, 3.8) is 0 Å². The number of hydrogen-bond donors (Lipinski definition) is 3. The van der Waals surface area contributed by atoms with Crippen LogP contribution in [0.15, 0.2) is 54.7 Å². The Labute approximate surface area is 200 Å². The molecule has 1 unspecified atom stereocenters. The first kappa shape index (κ1) is 23.7. The third kappa shape index (κ3) is 6.32. The lowest BCUT2D eigenvalue weighted by Crippen LogP contribution is -2.22. The average molecular weight is 476 g/mol. The molecule has 1 aromatic heterocycles. The van der Waals surface area contributed by atoms with E-state index in [2.05, 4.69) is 26.1 Å². The van der Waals surface area contributed by atoms with Crippen LogP contribution in [0.5, 0.6) is 0 Å². The molecule has 1 saturated carbocycles. The fourth-order valence-electron chi connectivity index (χ4n) is 3.50. The highest BCUT2D eigenvalue weighted by Crippen LogP contribution is 2.31. The average Bonchev–Trinajstić information content (AvgIpc) is 3.69. The first-order valence-electron chi connectivity index (χ1n) is 11.0. The lowest BCUT2D eigenvalue weighted by Gasteiger charge is -2.10. The molecule has 34 heavy (non-hydrogen) atoms. The highest BCUT2D eigenvalue weighted by Gasteiger charge is 2.30. The van der Waals surface area contributed by atoms with E-state index < -0.39 is 11.0 Å². The van der Waals surface area contributed by atoms with Crippen molar-refractivity contribution in [3.05, 3.63) is 77.2 Å². The molecule has 1 aliphatic rings. The van der Waals surface area contributed by atoms with Gasteiger partial charge in [-0.3, -0.25) is 4.79 Å². The van der Waals surface area contributed by atoms with Crippen LogP contribution in [0.25, 0.3) is 11.3 Å². The van der Waals surface area contributed by atoms with Crippen LogP contribution in [0.2, 0.25) is 0 Å². The maximum absolute atomic E-state index is 12.1. The molecule has 0 aliphatic heterocycles. The second-order valence-corrected chi connectivity index (χ2v) is 9.37. The van der Waals surface area contributed by atoms with E-state index in [1.54, 1.807) is 24.4 Å². The zero-order chi connectivity index (χ0) is 23.9. The Morgan fingerprint density at radius 1 is 1.18 bits per heavy atom. The van der Waals surface area contributed by atoms with E-state index in [1.807, 2.05) is 30.3 Å². The van der Waals surface area contributed by atoms with Crippen LogP contribution in [0.3, 0.4) is 0 Å². The van der Waals surface area contributed by atoms with Crippen LogP contribution in [-0.4, -0.2) is 38.3 Å². The van der Waals surface area contributed by atoms with Gasteiger partial charge in [0, 0.05) is 30.6 Å². The number of carbonyl (C=O) groups is 1. The molecule has 0 bridgehead atoms. The smallest absolute Gasteiger partial charge is 0.227 e. The van der Waals surface area contributed by atoms with Gasteiger partial charge < -0.3 is 10.4 Å². The van der Waals surface area contributed by atoms with Crippen LogP contribution >= 0.6 is 0 Å². The molecule has 8 nitrogen and oxygen atoms in total. The predicted octanol–water partition coefficient (Wildman–Crippen LogP) is 2.70. The molecule has 3 aromatic rings. The van der Waals surface area contributed by atoms with E-state index in [0.29, 0.717) is 34.9 Å². The Morgan fingerprint density at radius 2 is 2.00 bits per heavy atom. The number of aliphatic hydroxyl groups excluding tert-OH is 1. The summed E-state index contributed by atoms with van der Waals surface area (Å²) in [6.45, 7) is 0.224. The summed E-state index contributed by atoms with van der Waals surface area (Å²) in [5.74, 6) is 0.989. The van der Waals surface area contributed by atoms with Gasteiger partial charge in [-0.05, 0) is 42.2 Å². The third-order valence-corrected chi connectivity index (χ3v) is 6.50. The Bertz CT molecular complexity index is 1250. The van der Waals surface area contributed by atoms with Crippen LogP contribution in [0, 0.1) is 17.2 Å². The summed E-state index contributed by atoms with van der Waals surface area (Å²) in [6, 6.07) is 17.0. The second-order valence-electron chi connectivity index (χ2n) is 8.10. The molecule has 9 heteroatoms. The third-order valence-electron chi connectivity index (χ3n) is 5.37. The van der Waals surface area contributed by atoms with Gasteiger partial charge in [0.15, 0.2) is 0 Å². The summed E-state index contributed by atoms with van der Waals surface area (Å²) in [5, 5.41) is 21.3. The summed E-state index contributed by atoms with van der Waals surface area (Å²) in [4.78, 5) is 21.1. The first-order valence-corrected chi connectivity index (χ1v) is 12.4. The standard InChI is InChI=1S/C25H25N5O3S/c26-15-21-14-20(6-7-22(21)30-25(32)19-4-5-19)23-8-9-27-24(29-23)13-17-2-1-3-18(12-17)16-34(33)28-10-11-31/h1-3,6-9,12,14,19,28,31H,4-5,10-11,13,16H2,(H,30,32). The quantitative estimate of drug-likeness (QED) is 0.414.